The van der Waals surface area contributed by atoms with Crippen LogP contribution in [0.1, 0.15) is 47.5 Å². The highest BCUT2D eigenvalue weighted by atomic mass is 16.5. The Morgan fingerprint density at radius 1 is 0.848 bits per heavy atom. The van der Waals surface area contributed by atoms with E-state index < -0.39 is 6.04 Å². The number of ketones is 1. The molecule has 10 heteroatoms. The molecule has 0 saturated heterocycles. The second-order valence-corrected chi connectivity index (χ2v) is 8.76. The first-order chi connectivity index (χ1) is 15.5. The van der Waals surface area contributed by atoms with Crippen molar-refractivity contribution in [1.82, 2.24) is 20.9 Å². The molecule has 0 aromatic heterocycles. The van der Waals surface area contributed by atoms with Gasteiger partial charge in [-0.05, 0) is 25.8 Å². The lowest BCUT2D eigenvalue weighted by Crippen LogP contribution is -2.54. The summed E-state index contributed by atoms with van der Waals surface area (Å²) >= 11 is 0. The number of carbonyl (C=O) groups is 4. The molecule has 0 saturated carbocycles. The van der Waals surface area contributed by atoms with E-state index in [9.17, 15) is 19.2 Å². The molecular weight excluding hydrogens is 428 g/mol. The lowest BCUT2D eigenvalue weighted by atomic mass is 9.97. The summed E-state index contributed by atoms with van der Waals surface area (Å²) in [6.45, 7) is 11.8. The van der Waals surface area contributed by atoms with Gasteiger partial charge < -0.3 is 25.4 Å². The van der Waals surface area contributed by atoms with Gasteiger partial charge in [-0.15, -0.1) is 0 Å². The van der Waals surface area contributed by atoms with E-state index in [0.29, 0.717) is 39.5 Å². The summed E-state index contributed by atoms with van der Waals surface area (Å²) in [6.07, 6.45) is 0.318. The van der Waals surface area contributed by atoms with Crippen LogP contribution in [0, 0.1) is 11.8 Å². The van der Waals surface area contributed by atoms with E-state index in [1.165, 1.54) is 14.0 Å². The van der Waals surface area contributed by atoms with Gasteiger partial charge in [-0.25, -0.2) is 0 Å². The SMILES string of the molecule is CNC(=O)CCC(=O)NCCOCCOCCN(C)[C@H](C(=O)N[C@H](C(C)=O)C(C)C)C(C)C. The molecule has 0 radical (unpaired) electrons. The molecule has 0 spiro atoms. The summed E-state index contributed by atoms with van der Waals surface area (Å²) in [6, 6.07) is -0.848. The number of hydrogen-bond acceptors (Lipinski definition) is 7. The third kappa shape index (κ3) is 14.0. The maximum atomic E-state index is 12.8. The van der Waals surface area contributed by atoms with Crippen LogP contribution in [0.2, 0.25) is 0 Å². The number of rotatable bonds is 18. The van der Waals surface area contributed by atoms with Gasteiger partial charge >= 0.3 is 0 Å². The Labute approximate surface area is 198 Å². The minimum atomic E-state index is -0.485. The van der Waals surface area contributed by atoms with E-state index in [2.05, 4.69) is 16.0 Å². The monoisotopic (exact) mass is 472 g/mol. The maximum Gasteiger partial charge on any atom is 0.238 e. The van der Waals surface area contributed by atoms with E-state index in [0.717, 1.165) is 0 Å². The van der Waals surface area contributed by atoms with Gasteiger partial charge in [-0.2, -0.15) is 0 Å². The molecule has 0 aliphatic heterocycles. The van der Waals surface area contributed by atoms with E-state index >= 15 is 0 Å². The largest absolute Gasteiger partial charge is 0.378 e. The zero-order valence-corrected chi connectivity index (χ0v) is 21.4. The highest BCUT2D eigenvalue weighted by Gasteiger charge is 2.30. The Kier molecular flexibility index (Phi) is 16.4. The summed E-state index contributed by atoms with van der Waals surface area (Å²) in [5.41, 5.74) is 0. The minimum Gasteiger partial charge on any atom is -0.378 e. The molecule has 33 heavy (non-hydrogen) atoms. The summed E-state index contributed by atoms with van der Waals surface area (Å²) in [7, 11) is 3.40. The van der Waals surface area contributed by atoms with Crippen LogP contribution in [0.25, 0.3) is 0 Å². The van der Waals surface area contributed by atoms with Crippen molar-refractivity contribution in [2.24, 2.45) is 11.8 Å². The molecule has 10 nitrogen and oxygen atoms in total. The van der Waals surface area contributed by atoms with Crippen molar-refractivity contribution in [2.75, 3.05) is 53.6 Å². The quantitative estimate of drug-likeness (QED) is 0.246. The van der Waals surface area contributed by atoms with Crippen LogP contribution in [0.4, 0.5) is 0 Å². The Hall–Kier alpha value is -2.04. The number of carbonyl (C=O) groups excluding carboxylic acids is 4. The van der Waals surface area contributed by atoms with Crippen molar-refractivity contribution in [3.8, 4) is 0 Å². The Balaban J connectivity index is 4.10. The molecule has 0 rings (SSSR count). The van der Waals surface area contributed by atoms with Crippen LogP contribution in [0.3, 0.4) is 0 Å². The topological polar surface area (TPSA) is 126 Å². The number of amides is 3. The summed E-state index contributed by atoms with van der Waals surface area (Å²) in [5, 5.41) is 8.05. The first kappa shape index (κ1) is 31.0. The maximum absolute atomic E-state index is 12.8. The average Bonchev–Trinajstić information content (AvgIpc) is 2.73. The third-order valence-electron chi connectivity index (χ3n) is 5.16. The Morgan fingerprint density at radius 2 is 1.42 bits per heavy atom. The highest BCUT2D eigenvalue weighted by Crippen LogP contribution is 2.11. The molecule has 0 fully saturated rings. The van der Waals surface area contributed by atoms with Gasteiger partial charge in [0.25, 0.3) is 0 Å². The van der Waals surface area contributed by atoms with E-state index in [4.69, 9.17) is 9.47 Å². The van der Waals surface area contributed by atoms with Gasteiger partial charge in [0.2, 0.25) is 17.7 Å². The second kappa shape index (κ2) is 17.4. The summed E-state index contributed by atoms with van der Waals surface area (Å²) < 4.78 is 11.0. The zero-order chi connectivity index (χ0) is 25.4. The van der Waals surface area contributed by atoms with E-state index in [1.54, 1.807) is 0 Å². The van der Waals surface area contributed by atoms with Crippen molar-refractivity contribution in [3.05, 3.63) is 0 Å². The molecule has 0 aromatic rings. The normalized spacial score (nSPS) is 13.2. The summed E-state index contributed by atoms with van der Waals surface area (Å²) in [5.74, 6) is -0.445. The molecule has 0 aliphatic rings. The number of nitrogens with zero attached hydrogens (tertiary/aromatic N) is 1. The third-order valence-corrected chi connectivity index (χ3v) is 5.16. The molecule has 0 bridgehead atoms. The number of likely N-dealkylation sites (N-methyl/N-ethyl adjacent to an activating group) is 1. The van der Waals surface area contributed by atoms with E-state index in [1.807, 2.05) is 39.6 Å². The van der Waals surface area contributed by atoms with Crippen LogP contribution in [0.15, 0.2) is 0 Å². The fourth-order valence-corrected chi connectivity index (χ4v) is 3.36. The van der Waals surface area contributed by atoms with Crippen LogP contribution in [0.5, 0.6) is 0 Å². The van der Waals surface area contributed by atoms with Gasteiger partial charge in [-0.1, -0.05) is 27.7 Å². The standard InChI is InChI=1S/C23H44N4O6/c1-16(2)21(18(5)28)26-23(31)22(17(3)4)27(7)11-13-33-15-14-32-12-10-25-20(30)9-8-19(29)24-6/h16-17,21-22H,8-15H2,1-7H3,(H,24,29)(H,25,30)(H,26,31)/t21-,22-/m0/s1. The summed E-state index contributed by atoms with van der Waals surface area (Å²) in [4.78, 5) is 49.2. The zero-order valence-electron chi connectivity index (χ0n) is 21.4. The second-order valence-electron chi connectivity index (χ2n) is 8.76. The van der Waals surface area contributed by atoms with Crippen molar-refractivity contribution in [2.45, 2.75) is 59.5 Å². The molecule has 0 aliphatic carbocycles. The molecular formula is C23H44N4O6. The number of hydrogen-bond donors (Lipinski definition) is 3. The predicted molar refractivity (Wildman–Crippen MR) is 127 cm³/mol. The first-order valence-corrected chi connectivity index (χ1v) is 11.6. The Morgan fingerprint density at radius 3 is 1.94 bits per heavy atom. The number of Topliss-reactive ketones (excluding diaryl/α,β-unsaturated/α-hetero) is 1. The number of nitrogens with one attached hydrogen (secondary N) is 3. The Bertz CT molecular complexity index is 612. The van der Waals surface area contributed by atoms with Crippen LogP contribution in [-0.4, -0.2) is 94.1 Å². The fraction of sp³-hybridized carbons (Fsp3) is 0.826. The molecule has 3 amide bonds. The van der Waals surface area contributed by atoms with E-state index in [-0.39, 0.29) is 54.2 Å². The van der Waals surface area contributed by atoms with Crippen LogP contribution >= 0.6 is 0 Å². The fourth-order valence-electron chi connectivity index (χ4n) is 3.36. The lowest BCUT2D eigenvalue weighted by molar-refractivity contribution is -0.132. The van der Waals surface area contributed by atoms with Crippen molar-refractivity contribution in [1.29, 1.82) is 0 Å². The first-order valence-electron chi connectivity index (χ1n) is 11.6. The van der Waals surface area contributed by atoms with Gasteiger partial charge in [0.15, 0.2) is 5.78 Å². The van der Waals surface area contributed by atoms with Gasteiger partial charge in [0, 0.05) is 33.0 Å². The minimum absolute atomic E-state index is 0.0313. The molecule has 0 unspecified atom stereocenters. The molecule has 192 valence electrons. The number of ether oxygens (including phenoxy) is 2. The van der Waals surface area contributed by atoms with Crippen molar-refractivity contribution in [3.63, 3.8) is 0 Å². The van der Waals surface area contributed by atoms with Crippen LogP contribution in [-0.2, 0) is 28.7 Å². The predicted octanol–water partition coefficient (Wildman–Crippen LogP) is 0.348. The van der Waals surface area contributed by atoms with Crippen molar-refractivity contribution >= 4 is 23.5 Å². The van der Waals surface area contributed by atoms with Gasteiger partial charge in [0.05, 0.1) is 38.5 Å². The average molecular weight is 473 g/mol. The van der Waals surface area contributed by atoms with Gasteiger partial charge in [0.1, 0.15) is 0 Å². The molecule has 0 aromatic carbocycles. The van der Waals surface area contributed by atoms with Crippen molar-refractivity contribution < 1.29 is 28.7 Å². The molecule has 3 N–H and O–H groups in total. The lowest BCUT2D eigenvalue weighted by Gasteiger charge is -2.32. The highest BCUT2D eigenvalue weighted by molar-refractivity contribution is 5.90. The van der Waals surface area contributed by atoms with Crippen LogP contribution < -0.4 is 16.0 Å². The van der Waals surface area contributed by atoms with Gasteiger partial charge in [-0.3, -0.25) is 24.1 Å². The molecule has 0 heterocycles. The molecule has 2 atom stereocenters. The smallest absolute Gasteiger partial charge is 0.238 e.